The normalized spacial score (nSPS) is 44.8. The van der Waals surface area contributed by atoms with E-state index in [-0.39, 0.29) is 6.10 Å². The Morgan fingerprint density at radius 2 is 2.27 bits per heavy atom. The zero-order chi connectivity index (χ0) is 10.4. The van der Waals surface area contributed by atoms with E-state index in [2.05, 4.69) is 4.90 Å². The minimum Gasteiger partial charge on any atom is -0.501 e. The van der Waals surface area contributed by atoms with Crippen molar-refractivity contribution in [2.45, 2.75) is 31.4 Å². The van der Waals surface area contributed by atoms with Gasteiger partial charge in [0.05, 0.1) is 19.0 Å². The number of hydrogen-bond acceptors (Lipinski definition) is 3. The molecule has 4 atom stereocenters. The summed E-state index contributed by atoms with van der Waals surface area (Å²) in [6, 6.07) is 0.550. The van der Waals surface area contributed by atoms with Gasteiger partial charge in [0.2, 0.25) is 0 Å². The standard InChI is InChI=1S/C12H19NO2/c1-15-11-7-10(14)8-4-6-13-5-2-3-9(11)12(8)13/h7-10,12,14H,2-6H2,1H3/t8-,9+,10-,12-/m0/s1. The summed E-state index contributed by atoms with van der Waals surface area (Å²) in [5.74, 6) is 2.02. The fourth-order valence-corrected chi connectivity index (χ4v) is 3.72. The number of aliphatic hydroxyl groups is 1. The molecule has 0 saturated carbocycles. The summed E-state index contributed by atoms with van der Waals surface area (Å²) in [6.45, 7) is 2.37. The number of hydrogen-bond donors (Lipinski definition) is 1. The zero-order valence-corrected chi connectivity index (χ0v) is 9.22. The van der Waals surface area contributed by atoms with E-state index in [1.807, 2.05) is 6.08 Å². The van der Waals surface area contributed by atoms with Crippen LogP contribution in [0.2, 0.25) is 0 Å². The molecular weight excluding hydrogens is 190 g/mol. The first-order valence-electron chi connectivity index (χ1n) is 5.99. The lowest BCUT2D eigenvalue weighted by Gasteiger charge is -2.43. The highest BCUT2D eigenvalue weighted by atomic mass is 16.5. The maximum atomic E-state index is 10.1. The van der Waals surface area contributed by atoms with Crippen LogP contribution in [0.4, 0.5) is 0 Å². The lowest BCUT2D eigenvalue weighted by molar-refractivity contribution is 0.0287. The van der Waals surface area contributed by atoms with E-state index < -0.39 is 0 Å². The van der Waals surface area contributed by atoms with Crippen molar-refractivity contribution < 1.29 is 9.84 Å². The van der Waals surface area contributed by atoms with Gasteiger partial charge in [-0.1, -0.05) is 0 Å². The van der Waals surface area contributed by atoms with Crippen molar-refractivity contribution in [1.29, 1.82) is 0 Å². The Labute approximate surface area is 90.7 Å². The SMILES string of the molecule is COC1=C[C@H](O)[C@@H]2CCN3CCC[C@H]1[C@H]23. The van der Waals surface area contributed by atoms with Crippen LogP contribution in [-0.2, 0) is 4.74 Å². The van der Waals surface area contributed by atoms with Crippen LogP contribution in [0.15, 0.2) is 11.8 Å². The maximum absolute atomic E-state index is 10.1. The van der Waals surface area contributed by atoms with Gasteiger partial charge in [-0.15, -0.1) is 0 Å². The lowest BCUT2D eigenvalue weighted by atomic mass is 9.75. The van der Waals surface area contributed by atoms with Gasteiger partial charge >= 0.3 is 0 Å². The van der Waals surface area contributed by atoms with Crippen LogP contribution in [0.1, 0.15) is 19.3 Å². The Balaban J connectivity index is 1.95. The van der Waals surface area contributed by atoms with Crippen LogP contribution in [0.25, 0.3) is 0 Å². The first-order chi connectivity index (χ1) is 7.31. The van der Waals surface area contributed by atoms with Crippen molar-refractivity contribution in [2.75, 3.05) is 20.2 Å². The van der Waals surface area contributed by atoms with Gasteiger partial charge in [-0.3, -0.25) is 4.90 Å². The van der Waals surface area contributed by atoms with E-state index in [0.717, 1.165) is 18.7 Å². The van der Waals surface area contributed by atoms with Gasteiger partial charge in [0.15, 0.2) is 0 Å². The molecule has 0 radical (unpaired) electrons. The summed E-state index contributed by atoms with van der Waals surface area (Å²) >= 11 is 0. The number of ether oxygens (including phenoxy) is 1. The van der Waals surface area contributed by atoms with E-state index >= 15 is 0 Å². The van der Waals surface area contributed by atoms with Crippen LogP contribution in [-0.4, -0.2) is 42.4 Å². The Morgan fingerprint density at radius 3 is 3.07 bits per heavy atom. The van der Waals surface area contributed by atoms with E-state index in [1.54, 1.807) is 7.11 Å². The topological polar surface area (TPSA) is 32.7 Å². The largest absolute Gasteiger partial charge is 0.501 e. The fourth-order valence-electron chi connectivity index (χ4n) is 3.72. The molecule has 0 aromatic carbocycles. The maximum Gasteiger partial charge on any atom is 0.0988 e. The molecule has 3 nitrogen and oxygen atoms in total. The Hall–Kier alpha value is -0.540. The van der Waals surface area contributed by atoms with Gasteiger partial charge in [-0.05, 0) is 38.4 Å². The first-order valence-corrected chi connectivity index (χ1v) is 5.99. The van der Waals surface area contributed by atoms with Crippen molar-refractivity contribution in [3.05, 3.63) is 11.8 Å². The average molecular weight is 209 g/mol. The molecule has 2 heterocycles. The average Bonchev–Trinajstić information content (AvgIpc) is 2.69. The lowest BCUT2D eigenvalue weighted by Crippen LogP contribution is -2.49. The molecule has 1 aliphatic carbocycles. The summed E-state index contributed by atoms with van der Waals surface area (Å²) in [7, 11) is 1.73. The van der Waals surface area contributed by atoms with Crippen LogP contribution in [0.5, 0.6) is 0 Å². The summed E-state index contributed by atoms with van der Waals surface area (Å²) < 4.78 is 5.43. The van der Waals surface area contributed by atoms with Crippen LogP contribution < -0.4 is 0 Å². The quantitative estimate of drug-likeness (QED) is 0.699. The van der Waals surface area contributed by atoms with Crippen molar-refractivity contribution in [3.8, 4) is 0 Å². The minimum atomic E-state index is -0.288. The minimum absolute atomic E-state index is 0.288. The fraction of sp³-hybridized carbons (Fsp3) is 0.833. The number of methoxy groups -OCH3 is 1. The summed E-state index contributed by atoms with van der Waals surface area (Å²) in [4.78, 5) is 2.55. The van der Waals surface area contributed by atoms with Crippen LogP contribution in [0.3, 0.4) is 0 Å². The highest BCUT2D eigenvalue weighted by Gasteiger charge is 2.48. The van der Waals surface area contributed by atoms with E-state index in [0.29, 0.717) is 17.9 Å². The van der Waals surface area contributed by atoms with Crippen molar-refractivity contribution in [2.24, 2.45) is 11.8 Å². The number of aliphatic hydroxyl groups excluding tert-OH is 1. The van der Waals surface area contributed by atoms with Gasteiger partial charge in [0.25, 0.3) is 0 Å². The molecule has 0 spiro atoms. The first kappa shape index (κ1) is 9.67. The number of nitrogens with zero attached hydrogens (tertiary/aromatic N) is 1. The Kier molecular flexibility index (Phi) is 2.25. The predicted molar refractivity (Wildman–Crippen MR) is 57.3 cm³/mol. The molecule has 3 rings (SSSR count). The summed E-state index contributed by atoms with van der Waals surface area (Å²) in [5.41, 5.74) is 0. The smallest absolute Gasteiger partial charge is 0.0988 e. The van der Waals surface area contributed by atoms with Gasteiger partial charge in [-0.2, -0.15) is 0 Å². The third-order valence-electron chi connectivity index (χ3n) is 4.36. The van der Waals surface area contributed by atoms with E-state index in [9.17, 15) is 5.11 Å². The molecular formula is C12H19NO2. The van der Waals surface area contributed by atoms with Crippen molar-refractivity contribution >= 4 is 0 Å². The zero-order valence-electron chi connectivity index (χ0n) is 9.22. The summed E-state index contributed by atoms with van der Waals surface area (Å²) in [5, 5.41) is 10.1. The van der Waals surface area contributed by atoms with Gasteiger partial charge < -0.3 is 9.84 Å². The monoisotopic (exact) mass is 209 g/mol. The molecule has 0 bridgehead atoms. The molecule has 0 aromatic rings. The third-order valence-corrected chi connectivity index (χ3v) is 4.36. The molecule has 84 valence electrons. The van der Waals surface area contributed by atoms with Crippen molar-refractivity contribution in [3.63, 3.8) is 0 Å². The molecule has 15 heavy (non-hydrogen) atoms. The van der Waals surface area contributed by atoms with Crippen LogP contribution >= 0.6 is 0 Å². The number of piperidine rings is 1. The molecule has 2 fully saturated rings. The molecule has 0 unspecified atom stereocenters. The van der Waals surface area contributed by atoms with Crippen LogP contribution in [0, 0.1) is 11.8 Å². The molecule has 2 saturated heterocycles. The van der Waals surface area contributed by atoms with E-state index in [1.165, 1.54) is 19.4 Å². The molecule has 3 aliphatic rings. The van der Waals surface area contributed by atoms with E-state index in [4.69, 9.17) is 4.74 Å². The van der Waals surface area contributed by atoms with Gasteiger partial charge in [0, 0.05) is 17.9 Å². The molecule has 1 N–H and O–H groups in total. The summed E-state index contributed by atoms with van der Waals surface area (Å²) in [6.07, 6.45) is 5.30. The van der Waals surface area contributed by atoms with Gasteiger partial charge in [-0.25, -0.2) is 0 Å². The molecule has 2 aliphatic heterocycles. The number of rotatable bonds is 1. The molecule has 0 aromatic heterocycles. The molecule has 3 heteroatoms. The second-order valence-electron chi connectivity index (χ2n) is 4.99. The van der Waals surface area contributed by atoms with Gasteiger partial charge in [0.1, 0.15) is 0 Å². The second-order valence-corrected chi connectivity index (χ2v) is 4.99. The Morgan fingerprint density at radius 1 is 1.40 bits per heavy atom. The third kappa shape index (κ3) is 1.33. The highest BCUT2D eigenvalue weighted by molar-refractivity contribution is 5.17. The van der Waals surface area contributed by atoms with Crippen molar-refractivity contribution in [1.82, 2.24) is 4.90 Å². The second kappa shape index (κ2) is 3.49. The molecule has 0 amide bonds. The highest BCUT2D eigenvalue weighted by Crippen LogP contribution is 2.44. The predicted octanol–water partition coefficient (Wildman–Crippen LogP) is 0.992. The Bertz CT molecular complexity index is 289.